The second-order valence-corrected chi connectivity index (χ2v) is 5.41. The molecule has 3 nitrogen and oxygen atoms in total. The average molecular weight is 240 g/mol. The molecule has 16 heavy (non-hydrogen) atoms. The standard InChI is InChI=1S/C12H18ClN3/c13-8-11-12(7-9-5-6-9)16(15-14-11)10-3-1-2-4-10/h9-10H,1-8H2. The van der Waals surface area contributed by atoms with Crippen molar-refractivity contribution < 1.29 is 0 Å². The molecular weight excluding hydrogens is 222 g/mol. The molecule has 0 bridgehead atoms. The highest BCUT2D eigenvalue weighted by Gasteiger charge is 2.28. The Morgan fingerprint density at radius 1 is 1.19 bits per heavy atom. The first kappa shape index (κ1) is 10.6. The van der Waals surface area contributed by atoms with Crippen LogP contribution in [-0.2, 0) is 12.3 Å². The average Bonchev–Trinajstić information content (AvgIpc) is 2.81. The highest BCUT2D eigenvalue weighted by Crippen LogP contribution is 2.36. The number of alkyl halides is 1. The summed E-state index contributed by atoms with van der Waals surface area (Å²) in [5.41, 5.74) is 2.34. The highest BCUT2D eigenvalue weighted by molar-refractivity contribution is 6.16. The van der Waals surface area contributed by atoms with Crippen molar-refractivity contribution in [3.8, 4) is 0 Å². The number of nitrogens with zero attached hydrogens (tertiary/aromatic N) is 3. The summed E-state index contributed by atoms with van der Waals surface area (Å²) in [4.78, 5) is 0. The zero-order chi connectivity index (χ0) is 11.0. The van der Waals surface area contributed by atoms with Crippen LogP contribution in [0.4, 0.5) is 0 Å². The van der Waals surface area contributed by atoms with Crippen molar-refractivity contribution in [2.75, 3.05) is 0 Å². The van der Waals surface area contributed by atoms with E-state index in [2.05, 4.69) is 15.0 Å². The van der Waals surface area contributed by atoms with Crippen LogP contribution in [0.25, 0.3) is 0 Å². The summed E-state index contributed by atoms with van der Waals surface area (Å²) in [7, 11) is 0. The van der Waals surface area contributed by atoms with Crippen LogP contribution < -0.4 is 0 Å². The molecule has 0 N–H and O–H groups in total. The fourth-order valence-electron chi connectivity index (χ4n) is 2.70. The van der Waals surface area contributed by atoms with Crippen LogP contribution in [0.5, 0.6) is 0 Å². The third-order valence-corrected chi connectivity index (χ3v) is 4.10. The van der Waals surface area contributed by atoms with Gasteiger partial charge in [0, 0.05) is 0 Å². The van der Waals surface area contributed by atoms with E-state index in [0.717, 1.165) is 18.0 Å². The second kappa shape index (κ2) is 4.36. The van der Waals surface area contributed by atoms with Gasteiger partial charge < -0.3 is 0 Å². The minimum atomic E-state index is 0.509. The first-order valence-electron chi connectivity index (χ1n) is 6.37. The molecule has 0 aromatic carbocycles. The molecule has 1 aromatic rings. The lowest BCUT2D eigenvalue weighted by molar-refractivity contribution is 0.435. The van der Waals surface area contributed by atoms with Gasteiger partial charge in [0.15, 0.2) is 0 Å². The summed E-state index contributed by atoms with van der Waals surface area (Å²) in [6, 6.07) is 0.596. The van der Waals surface area contributed by atoms with Crippen LogP contribution in [0, 0.1) is 5.92 Å². The van der Waals surface area contributed by atoms with E-state index < -0.39 is 0 Å². The molecule has 0 saturated heterocycles. The van der Waals surface area contributed by atoms with E-state index >= 15 is 0 Å². The first-order chi connectivity index (χ1) is 7.88. The van der Waals surface area contributed by atoms with Crippen LogP contribution in [0.1, 0.15) is 56.0 Å². The van der Waals surface area contributed by atoms with E-state index in [0.29, 0.717) is 11.9 Å². The Hall–Kier alpha value is -0.570. The van der Waals surface area contributed by atoms with Crippen molar-refractivity contribution in [3.63, 3.8) is 0 Å². The number of aromatic nitrogens is 3. The number of hydrogen-bond acceptors (Lipinski definition) is 2. The maximum atomic E-state index is 5.94. The first-order valence-corrected chi connectivity index (χ1v) is 6.91. The third-order valence-electron chi connectivity index (χ3n) is 3.85. The number of rotatable bonds is 4. The predicted molar refractivity (Wildman–Crippen MR) is 63.5 cm³/mol. The zero-order valence-electron chi connectivity index (χ0n) is 9.53. The van der Waals surface area contributed by atoms with Gasteiger partial charge in [-0.2, -0.15) is 0 Å². The van der Waals surface area contributed by atoms with Gasteiger partial charge in [0.05, 0.1) is 17.6 Å². The van der Waals surface area contributed by atoms with Crippen molar-refractivity contribution in [1.82, 2.24) is 15.0 Å². The van der Waals surface area contributed by atoms with Crippen molar-refractivity contribution in [1.29, 1.82) is 0 Å². The van der Waals surface area contributed by atoms with Crippen LogP contribution in [-0.4, -0.2) is 15.0 Å². The minimum Gasteiger partial charge on any atom is -0.246 e. The zero-order valence-corrected chi connectivity index (χ0v) is 10.3. The smallest absolute Gasteiger partial charge is 0.101 e. The summed E-state index contributed by atoms with van der Waals surface area (Å²) >= 11 is 5.94. The maximum Gasteiger partial charge on any atom is 0.101 e. The van der Waals surface area contributed by atoms with E-state index in [1.54, 1.807) is 0 Å². The van der Waals surface area contributed by atoms with Gasteiger partial charge in [-0.05, 0) is 38.0 Å². The van der Waals surface area contributed by atoms with Crippen LogP contribution >= 0.6 is 11.6 Å². The Labute approximate surface area is 101 Å². The quantitative estimate of drug-likeness (QED) is 0.756. The molecule has 4 heteroatoms. The second-order valence-electron chi connectivity index (χ2n) is 5.15. The molecular formula is C12H18ClN3. The summed E-state index contributed by atoms with van der Waals surface area (Å²) in [5, 5.41) is 8.57. The minimum absolute atomic E-state index is 0.509. The summed E-state index contributed by atoms with van der Waals surface area (Å²) in [6.45, 7) is 0. The van der Waals surface area contributed by atoms with Gasteiger partial charge in [-0.3, -0.25) is 0 Å². The van der Waals surface area contributed by atoms with Gasteiger partial charge in [-0.25, -0.2) is 4.68 Å². The van der Waals surface area contributed by atoms with Gasteiger partial charge in [0.2, 0.25) is 0 Å². The lowest BCUT2D eigenvalue weighted by atomic mass is 10.1. The molecule has 1 aromatic heterocycles. The summed E-state index contributed by atoms with van der Waals surface area (Å²) in [6.07, 6.45) is 9.10. The molecule has 0 atom stereocenters. The highest BCUT2D eigenvalue weighted by atomic mass is 35.5. The van der Waals surface area contributed by atoms with E-state index in [9.17, 15) is 0 Å². The lowest BCUT2D eigenvalue weighted by Crippen LogP contribution is -2.11. The molecule has 1 heterocycles. The van der Waals surface area contributed by atoms with E-state index in [1.807, 2.05) is 0 Å². The molecule has 3 rings (SSSR count). The SMILES string of the molecule is ClCc1nnn(C2CCCC2)c1CC1CC1. The molecule has 0 radical (unpaired) electrons. The molecule has 0 amide bonds. The summed E-state index contributed by atoms with van der Waals surface area (Å²) in [5.74, 6) is 1.38. The molecule has 0 spiro atoms. The Morgan fingerprint density at radius 2 is 1.94 bits per heavy atom. The number of halogens is 1. The fraction of sp³-hybridized carbons (Fsp3) is 0.833. The predicted octanol–water partition coefficient (Wildman–Crippen LogP) is 3.08. The molecule has 2 aliphatic carbocycles. The van der Waals surface area contributed by atoms with Gasteiger partial charge in [-0.1, -0.05) is 18.1 Å². The Balaban J connectivity index is 1.86. The molecule has 2 fully saturated rings. The van der Waals surface area contributed by atoms with Gasteiger partial charge >= 0.3 is 0 Å². The Bertz CT molecular complexity index is 364. The maximum absolute atomic E-state index is 5.94. The Morgan fingerprint density at radius 3 is 2.56 bits per heavy atom. The summed E-state index contributed by atoms with van der Waals surface area (Å²) < 4.78 is 2.18. The molecule has 2 saturated carbocycles. The molecule has 0 aliphatic heterocycles. The molecule has 0 unspecified atom stereocenters. The van der Waals surface area contributed by atoms with E-state index in [4.69, 9.17) is 11.6 Å². The van der Waals surface area contributed by atoms with Crippen molar-refractivity contribution in [2.45, 2.75) is 56.9 Å². The van der Waals surface area contributed by atoms with Gasteiger partial charge in [0.25, 0.3) is 0 Å². The van der Waals surface area contributed by atoms with Crippen molar-refractivity contribution in [2.24, 2.45) is 5.92 Å². The largest absolute Gasteiger partial charge is 0.246 e. The fourth-order valence-corrected chi connectivity index (χ4v) is 2.91. The van der Waals surface area contributed by atoms with Crippen LogP contribution in [0.15, 0.2) is 0 Å². The van der Waals surface area contributed by atoms with E-state index in [1.165, 1.54) is 44.2 Å². The Kier molecular flexibility index (Phi) is 2.88. The molecule has 88 valence electrons. The molecule has 2 aliphatic rings. The van der Waals surface area contributed by atoms with Crippen molar-refractivity contribution >= 4 is 11.6 Å². The third kappa shape index (κ3) is 1.97. The lowest BCUT2D eigenvalue weighted by Gasteiger charge is -2.13. The van der Waals surface area contributed by atoms with Crippen molar-refractivity contribution in [3.05, 3.63) is 11.4 Å². The van der Waals surface area contributed by atoms with Gasteiger partial charge in [0.1, 0.15) is 5.69 Å². The van der Waals surface area contributed by atoms with Crippen LogP contribution in [0.3, 0.4) is 0 Å². The van der Waals surface area contributed by atoms with Crippen LogP contribution in [0.2, 0.25) is 0 Å². The van der Waals surface area contributed by atoms with E-state index in [-0.39, 0.29) is 0 Å². The topological polar surface area (TPSA) is 30.7 Å². The normalized spacial score (nSPS) is 21.8. The number of hydrogen-bond donors (Lipinski definition) is 0. The monoisotopic (exact) mass is 239 g/mol. The van der Waals surface area contributed by atoms with Gasteiger partial charge in [-0.15, -0.1) is 16.7 Å².